The normalized spacial score (nSPS) is 10.7. The summed E-state index contributed by atoms with van der Waals surface area (Å²) in [6.45, 7) is 0. The summed E-state index contributed by atoms with van der Waals surface area (Å²) < 4.78 is 35.9. The third kappa shape index (κ3) is 2.42. The molecule has 0 heterocycles. The number of alkyl halides is 3. The lowest BCUT2D eigenvalue weighted by Crippen LogP contribution is -2.03. The van der Waals surface area contributed by atoms with Gasteiger partial charge in [0.1, 0.15) is 0 Å². The van der Waals surface area contributed by atoms with Crippen LogP contribution in [0.4, 0.5) is 18.9 Å². The molecule has 0 spiro atoms. The van der Waals surface area contributed by atoms with E-state index in [2.05, 4.69) is 4.99 Å². The first-order valence-electron chi connectivity index (χ1n) is 3.21. The molecule has 0 saturated carbocycles. The summed E-state index contributed by atoms with van der Waals surface area (Å²) in [6, 6.07) is 4.82. The maximum Gasteiger partial charge on any atom is 0.417 e. The monoisotopic (exact) mass is 186 g/mol. The largest absolute Gasteiger partial charge is 0.417 e. The molecule has 13 heavy (non-hydrogen) atoms. The average molecular weight is 186 g/mol. The van der Waals surface area contributed by atoms with Gasteiger partial charge in [-0.2, -0.15) is 18.2 Å². The second-order valence-corrected chi connectivity index (χ2v) is 2.16. The molecule has 0 aliphatic heterocycles. The molecule has 2 nitrogen and oxygen atoms in total. The molecule has 0 aromatic heterocycles. The van der Waals surface area contributed by atoms with Crippen LogP contribution in [0.5, 0.6) is 0 Å². The van der Waals surface area contributed by atoms with Crippen molar-refractivity contribution in [1.29, 1.82) is 0 Å². The maximum absolute atomic E-state index is 12.0. The van der Waals surface area contributed by atoms with Crippen molar-refractivity contribution in [3.05, 3.63) is 29.8 Å². The molecule has 0 fully saturated rings. The molecule has 0 saturated heterocycles. The maximum atomic E-state index is 12.0. The van der Waals surface area contributed by atoms with Gasteiger partial charge in [-0.3, -0.25) is 0 Å². The highest BCUT2D eigenvalue weighted by molar-refractivity contribution is 5.48. The molecule has 0 bridgehead atoms. The fraction of sp³-hybridized carbons (Fsp3) is 0.125. The number of aliphatic imine (C=N–C) groups is 1. The van der Waals surface area contributed by atoms with E-state index in [0.29, 0.717) is 0 Å². The Balaban J connectivity index is 3.00. The first-order valence-corrected chi connectivity index (χ1v) is 3.21. The molecule has 0 N–H and O–H groups in total. The van der Waals surface area contributed by atoms with Crippen molar-refractivity contribution in [3.63, 3.8) is 0 Å². The molecule has 0 atom stereocenters. The SMILES string of the molecule is O=C=Nc1c[c]c(C(F)(F)F)cc1. The Hall–Kier alpha value is -1.61. The second-order valence-electron chi connectivity index (χ2n) is 2.16. The van der Waals surface area contributed by atoms with Gasteiger partial charge in [-0.15, -0.1) is 0 Å². The van der Waals surface area contributed by atoms with E-state index in [1.807, 2.05) is 6.07 Å². The quantitative estimate of drug-likeness (QED) is 0.489. The minimum atomic E-state index is -4.41. The minimum absolute atomic E-state index is 0.100. The molecule has 1 aromatic carbocycles. The zero-order chi connectivity index (χ0) is 9.90. The van der Waals surface area contributed by atoms with Gasteiger partial charge in [0.25, 0.3) is 0 Å². The molecule has 1 rings (SSSR count). The van der Waals surface area contributed by atoms with Crippen LogP contribution in [0.25, 0.3) is 0 Å². The van der Waals surface area contributed by atoms with Gasteiger partial charge in [-0.05, 0) is 24.3 Å². The van der Waals surface area contributed by atoms with Gasteiger partial charge in [0, 0.05) is 0 Å². The van der Waals surface area contributed by atoms with Crippen LogP contribution in [0, 0.1) is 6.07 Å². The molecule has 0 unspecified atom stereocenters. The molecule has 1 aromatic rings. The Morgan fingerprint density at radius 2 is 2.08 bits per heavy atom. The van der Waals surface area contributed by atoms with E-state index in [1.165, 1.54) is 6.08 Å². The van der Waals surface area contributed by atoms with E-state index < -0.39 is 11.7 Å². The Morgan fingerprint density at radius 3 is 2.46 bits per heavy atom. The van der Waals surface area contributed by atoms with Crippen LogP contribution >= 0.6 is 0 Å². The van der Waals surface area contributed by atoms with Crippen molar-refractivity contribution >= 4 is 11.8 Å². The molecular formula is C8H3F3NO. The summed E-state index contributed by atoms with van der Waals surface area (Å²) in [5.41, 5.74) is -0.791. The second kappa shape index (κ2) is 3.41. The Labute approximate surface area is 71.7 Å². The van der Waals surface area contributed by atoms with E-state index in [1.54, 1.807) is 0 Å². The standard InChI is InChI=1S/C8H3F3NO/c9-8(10,11)6-1-3-7(4-2-6)12-5-13/h1,3-4H. The summed E-state index contributed by atoms with van der Waals surface area (Å²) in [5.74, 6) is 0. The molecule has 0 amide bonds. The first kappa shape index (κ1) is 9.48. The van der Waals surface area contributed by atoms with Crippen LogP contribution < -0.4 is 0 Å². The van der Waals surface area contributed by atoms with Gasteiger partial charge in [0.2, 0.25) is 6.08 Å². The predicted molar refractivity (Wildman–Crippen MR) is 38.1 cm³/mol. The molecule has 5 heteroatoms. The van der Waals surface area contributed by atoms with Crippen LogP contribution in [-0.4, -0.2) is 6.08 Å². The van der Waals surface area contributed by atoms with Crippen molar-refractivity contribution in [2.24, 2.45) is 4.99 Å². The lowest BCUT2D eigenvalue weighted by Gasteiger charge is -2.04. The molecule has 0 aliphatic rings. The van der Waals surface area contributed by atoms with E-state index in [-0.39, 0.29) is 5.69 Å². The van der Waals surface area contributed by atoms with E-state index >= 15 is 0 Å². The number of rotatable bonds is 1. The van der Waals surface area contributed by atoms with Gasteiger partial charge < -0.3 is 0 Å². The zero-order valence-electron chi connectivity index (χ0n) is 6.22. The van der Waals surface area contributed by atoms with Gasteiger partial charge in [0.05, 0.1) is 11.3 Å². The average Bonchev–Trinajstić information content (AvgIpc) is 2.04. The number of benzene rings is 1. The number of carbonyl (C=O) groups excluding carboxylic acids is 1. The summed E-state index contributed by atoms with van der Waals surface area (Å²) in [6.07, 6.45) is -3.20. The third-order valence-corrected chi connectivity index (χ3v) is 1.28. The number of isocyanates is 1. The minimum Gasteiger partial charge on any atom is -0.211 e. The van der Waals surface area contributed by atoms with Crippen LogP contribution in [0.15, 0.2) is 23.2 Å². The van der Waals surface area contributed by atoms with Crippen molar-refractivity contribution in [2.75, 3.05) is 0 Å². The highest BCUT2D eigenvalue weighted by atomic mass is 19.4. The summed E-state index contributed by atoms with van der Waals surface area (Å²) in [7, 11) is 0. The van der Waals surface area contributed by atoms with E-state index in [9.17, 15) is 18.0 Å². The van der Waals surface area contributed by atoms with Crippen molar-refractivity contribution < 1.29 is 18.0 Å². The molecule has 0 aliphatic carbocycles. The number of hydrogen-bond donors (Lipinski definition) is 0. The third-order valence-electron chi connectivity index (χ3n) is 1.28. The highest BCUT2D eigenvalue weighted by Crippen LogP contribution is 2.29. The lowest BCUT2D eigenvalue weighted by atomic mass is 10.2. The summed E-state index contributed by atoms with van der Waals surface area (Å²) in [5, 5.41) is 0. The van der Waals surface area contributed by atoms with Crippen LogP contribution in [0.3, 0.4) is 0 Å². The van der Waals surface area contributed by atoms with Gasteiger partial charge in [-0.25, -0.2) is 4.79 Å². The summed E-state index contributed by atoms with van der Waals surface area (Å²) in [4.78, 5) is 12.9. The zero-order valence-corrected chi connectivity index (χ0v) is 6.22. The molecule has 1 radical (unpaired) electrons. The lowest BCUT2D eigenvalue weighted by molar-refractivity contribution is -0.137. The Morgan fingerprint density at radius 1 is 1.38 bits per heavy atom. The van der Waals surface area contributed by atoms with Gasteiger partial charge in [-0.1, -0.05) is 0 Å². The van der Waals surface area contributed by atoms with E-state index in [0.717, 1.165) is 18.2 Å². The van der Waals surface area contributed by atoms with Crippen molar-refractivity contribution in [1.82, 2.24) is 0 Å². The van der Waals surface area contributed by atoms with Crippen LogP contribution in [0.2, 0.25) is 0 Å². The Kier molecular flexibility index (Phi) is 2.49. The fourth-order valence-electron chi connectivity index (χ4n) is 0.715. The topological polar surface area (TPSA) is 29.4 Å². The number of hydrogen-bond acceptors (Lipinski definition) is 2. The summed E-state index contributed by atoms with van der Waals surface area (Å²) >= 11 is 0. The number of halogens is 3. The highest BCUT2D eigenvalue weighted by Gasteiger charge is 2.30. The smallest absolute Gasteiger partial charge is 0.211 e. The van der Waals surface area contributed by atoms with Gasteiger partial charge >= 0.3 is 6.18 Å². The molecular weight excluding hydrogens is 183 g/mol. The van der Waals surface area contributed by atoms with Gasteiger partial charge in [0.15, 0.2) is 0 Å². The van der Waals surface area contributed by atoms with Crippen molar-refractivity contribution in [2.45, 2.75) is 6.18 Å². The Bertz CT molecular complexity index is 335. The molecule has 67 valence electrons. The predicted octanol–water partition coefficient (Wildman–Crippen LogP) is 2.47. The van der Waals surface area contributed by atoms with Crippen molar-refractivity contribution in [3.8, 4) is 0 Å². The first-order chi connectivity index (χ1) is 6.04. The van der Waals surface area contributed by atoms with E-state index in [4.69, 9.17) is 0 Å². The van der Waals surface area contributed by atoms with Crippen LogP contribution in [0.1, 0.15) is 5.56 Å². The van der Waals surface area contributed by atoms with Crippen LogP contribution in [-0.2, 0) is 11.0 Å². The number of nitrogens with zero attached hydrogens (tertiary/aromatic N) is 1. The fourth-order valence-corrected chi connectivity index (χ4v) is 0.715.